The fourth-order valence-electron chi connectivity index (χ4n) is 3.68. The fraction of sp³-hybridized carbons (Fsp3) is 0.400. The van der Waals surface area contributed by atoms with E-state index in [1.807, 2.05) is 6.07 Å². The second-order valence-electron chi connectivity index (χ2n) is 6.84. The summed E-state index contributed by atoms with van der Waals surface area (Å²) in [4.78, 5) is 7.85. The van der Waals surface area contributed by atoms with Gasteiger partial charge in [-0.3, -0.25) is 0 Å². The number of fused-ring (bicyclic) bond motifs is 2. The number of hydrogen-bond donors (Lipinski definition) is 0. The highest BCUT2D eigenvalue weighted by atomic mass is 35.5. The molecule has 148 valence electrons. The molecule has 1 aromatic carbocycles. The van der Waals surface area contributed by atoms with Crippen molar-refractivity contribution >= 4 is 27.2 Å². The van der Waals surface area contributed by atoms with E-state index < -0.39 is 0 Å². The lowest BCUT2D eigenvalue weighted by atomic mass is 10.2. The van der Waals surface area contributed by atoms with Crippen LogP contribution in [0.25, 0.3) is 20.8 Å². The maximum atomic E-state index is 14.8. The molecule has 3 aliphatic heterocycles. The third-order valence-corrected chi connectivity index (χ3v) is 6.24. The number of ether oxygens (including phenoxy) is 2. The molecule has 0 aromatic heterocycles. The van der Waals surface area contributed by atoms with Gasteiger partial charge in [-0.2, -0.15) is 0 Å². The first kappa shape index (κ1) is 19.5. The van der Waals surface area contributed by atoms with Gasteiger partial charge in [0.2, 0.25) is 5.36 Å². The van der Waals surface area contributed by atoms with Gasteiger partial charge in [-0.15, -0.1) is 11.3 Å². The summed E-state index contributed by atoms with van der Waals surface area (Å²) in [5.41, 5.74) is 2.19. The Bertz CT molecular complexity index is 1030. The predicted molar refractivity (Wildman–Crippen MR) is 105 cm³/mol. The number of aromatic nitrogens is 1. The summed E-state index contributed by atoms with van der Waals surface area (Å²) in [5.74, 6) is -0.260. The molecule has 2 saturated heterocycles. The molecule has 0 radical (unpaired) electrons. The molecule has 0 unspecified atom stereocenters. The summed E-state index contributed by atoms with van der Waals surface area (Å²) in [6.45, 7) is 6.25. The first-order chi connectivity index (χ1) is 13.3. The minimum Gasteiger partial charge on any atom is -1.00 e. The van der Waals surface area contributed by atoms with E-state index in [1.54, 1.807) is 17.4 Å². The lowest BCUT2D eigenvalue weighted by Crippen LogP contribution is -3.00. The highest BCUT2D eigenvalue weighted by molar-refractivity contribution is 7.21. The zero-order chi connectivity index (χ0) is 18.2. The van der Waals surface area contributed by atoms with Crippen LogP contribution in [-0.4, -0.2) is 57.6 Å². The van der Waals surface area contributed by atoms with Crippen LogP contribution >= 0.6 is 11.3 Å². The van der Waals surface area contributed by atoms with Crippen molar-refractivity contribution in [3.8, 4) is 10.6 Å². The topological polar surface area (TPSA) is 37.6 Å². The molecule has 0 amide bonds. The van der Waals surface area contributed by atoms with Crippen molar-refractivity contribution in [2.24, 2.45) is 0 Å². The SMILES string of the molecule is Fc1cc(N2CCOCC2)cc2sc3cc(=[N+]4CCOCC4)ccc-3nc12.[Cl-]. The molecule has 5 nitrogen and oxygen atoms in total. The zero-order valence-corrected chi connectivity index (χ0v) is 16.9. The first-order valence-corrected chi connectivity index (χ1v) is 10.1. The van der Waals surface area contributed by atoms with Crippen molar-refractivity contribution in [3.05, 3.63) is 41.5 Å². The Balaban J connectivity index is 0.00000192. The van der Waals surface area contributed by atoms with Gasteiger partial charge in [-0.25, -0.2) is 13.9 Å². The summed E-state index contributed by atoms with van der Waals surface area (Å²) in [6, 6.07) is 9.88. The van der Waals surface area contributed by atoms with Crippen LogP contribution in [0, 0.1) is 5.82 Å². The van der Waals surface area contributed by atoms with E-state index in [2.05, 4.69) is 32.7 Å². The number of halogens is 2. The number of benzene rings is 2. The van der Waals surface area contributed by atoms with Crippen molar-refractivity contribution in [2.75, 3.05) is 57.5 Å². The Morgan fingerprint density at radius 3 is 2.54 bits per heavy atom. The molecule has 8 heteroatoms. The van der Waals surface area contributed by atoms with Gasteiger partial charge in [-0.1, -0.05) is 0 Å². The summed E-state index contributed by atoms with van der Waals surface area (Å²) in [6.07, 6.45) is 0. The van der Waals surface area contributed by atoms with E-state index in [4.69, 9.17) is 9.47 Å². The lowest BCUT2D eigenvalue weighted by molar-refractivity contribution is -0.00000739. The number of rotatable bonds is 1. The summed E-state index contributed by atoms with van der Waals surface area (Å²) < 4.78 is 28.8. The van der Waals surface area contributed by atoms with Crippen LogP contribution < -0.4 is 27.2 Å². The number of anilines is 1. The molecule has 0 N–H and O–H groups in total. The van der Waals surface area contributed by atoms with E-state index in [-0.39, 0.29) is 18.2 Å². The number of morpholine rings is 2. The van der Waals surface area contributed by atoms with Gasteiger partial charge in [0.05, 0.1) is 28.5 Å². The molecule has 0 saturated carbocycles. The third kappa shape index (κ3) is 3.72. The molecule has 1 aliphatic carbocycles. The van der Waals surface area contributed by atoms with Crippen molar-refractivity contribution in [3.63, 3.8) is 0 Å². The van der Waals surface area contributed by atoms with Crippen LogP contribution in [0.4, 0.5) is 10.1 Å². The maximum Gasteiger partial charge on any atom is 0.201 e. The first-order valence-electron chi connectivity index (χ1n) is 9.30. The molecule has 3 heterocycles. The zero-order valence-electron chi connectivity index (χ0n) is 15.4. The molecule has 1 aromatic rings. The third-order valence-electron chi connectivity index (χ3n) is 5.16. The number of nitrogens with zero attached hydrogens (tertiary/aromatic N) is 3. The Morgan fingerprint density at radius 1 is 1.00 bits per heavy atom. The van der Waals surface area contributed by atoms with Crippen molar-refractivity contribution in [1.82, 2.24) is 9.56 Å². The van der Waals surface area contributed by atoms with Crippen molar-refractivity contribution < 1.29 is 26.3 Å². The quantitative estimate of drug-likeness (QED) is 0.380. The molecule has 5 rings (SSSR count). The highest BCUT2D eigenvalue weighted by Gasteiger charge is 2.18. The van der Waals surface area contributed by atoms with Crippen LogP contribution in [0.1, 0.15) is 0 Å². The van der Waals surface area contributed by atoms with Gasteiger partial charge in [0, 0.05) is 30.9 Å². The van der Waals surface area contributed by atoms with E-state index in [0.717, 1.165) is 60.4 Å². The largest absolute Gasteiger partial charge is 1.00 e. The number of hydrogen-bond acceptors (Lipinski definition) is 5. The smallest absolute Gasteiger partial charge is 0.201 e. The Morgan fingerprint density at radius 2 is 1.75 bits per heavy atom. The van der Waals surface area contributed by atoms with Gasteiger partial charge in [-0.05, 0) is 18.2 Å². The Hall–Kier alpha value is -1.80. The second-order valence-corrected chi connectivity index (χ2v) is 7.92. The summed E-state index contributed by atoms with van der Waals surface area (Å²) in [5, 5.41) is 1.17. The molecule has 2 fully saturated rings. The minimum atomic E-state index is -0.260. The van der Waals surface area contributed by atoms with Crippen LogP contribution in [-0.2, 0) is 9.47 Å². The molecule has 0 spiro atoms. The molecular weight excluding hydrogens is 401 g/mol. The maximum absolute atomic E-state index is 14.8. The van der Waals surface area contributed by atoms with Gasteiger partial charge in [0.1, 0.15) is 18.7 Å². The van der Waals surface area contributed by atoms with Gasteiger partial charge >= 0.3 is 0 Å². The van der Waals surface area contributed by atoms with Crippen LogP contribution in [0.2, 0.25) is 0 Å². The van der Waals surface area contributed by atoms with Crippen LogP contribution in [0.5, 0.6) is 0 Å². The van der Waals surface area contributed by atoms with Crippen LogP contribution in [0.15, 0.2) is 30.3 Å². The van der Waals surface area contributed by atoms with Crippen LogP contribution in [0.3, 0.4) is 0 Å². The monoisotopic (exact) mass is 421 g/mol. The van der Waals surface area contributed by atoms with Gasteiger partial charge in [0.25, 0.3) is 0 Å². The predicted octanol–water partition coefficient (Wildman–Crippen LogP) is -0.817. The molecule has 0 atom stereocenters. The van der Waals surface area contributed by atoms with E-state index in [9.17, 15) is 4.39 Å². The average Bonchev–Trinajstić information content (AvgIpc) is 2.73. The Labute approximate surface area is 172 Å². The Kier molecular flexibility index (Phi) is 5.78. The minimum absolute atomic E-state index is 0. The highest BCUT2D eigenvalue weighted by Crippen LogP contribution is 2.33. The molecule has 0 bridgehead atoms. The van der Waals surface area contributed by atoms with Gasteiger partial charge in [0.15, 0.2) is 18.9 Å². The van der Waals surface area contributed by atoms with E-state index in [0.29, 0.717) is 18.7 Å². The molecular formula is C20H21ClFN3O2S. The molecule has 4 aliphatic rings. The lowest BCUT2D eigenvalue weighted by Gasteiger charge is -2.29. The summed E-state index contributed by atoms with van der Waals surface area (Å²) in [7, 11) is 0. The fourth-order valence-corrected chi connectivity index (χ4v) is 4.74. The average molecular weight is 422 g/mol. The van der Waals surface area contributed by atoms with E-state index >= 15 is 0 Å². The van der Waals surface area contributed by atoms with E-state index in [1.165, 1.54) is 5.36 Å². The normalized spacial score (nSPS) is 17.8. The summed E-state index contributed by atoms with van der Waals surface area (Å²) >= 11 is 1.60. The van der Waals surface area contributed by atoms with Gasteiger partial charge < -0.3 is 26.8 Å². The van der Waals surface area contributed by atoms with Crippen molar-refractivity contribution in [2.45, 2.75) is 0 Å². The standard InChI is InChI=1S/C20H21FN3O2S.ClH/c21-16-11-15(24-5-9-26-10-6-24)13-19-20(16)22-17-2-1-14(12-18(17)27-19)23-3-7-25-8-4-23;/h1-2,11-13H,3-10H2;1H/q+1;/p-1. The molecule has 28 heavy (non-hydrogen) atoms. The van der Waals surface area contributed by atoms with Crippen molar-refractivity contribution in [1.29, 1.82) is 0 Å². The second kappa shape index (κ2) is 8.29.